The van der Waals surface area contributed by atoms with Gasteiger partial charge in [-0.15, -0.1) is 11.3 Å². The van der Waals surface area contributed by atoms with Gasteiger partial charge in [0.15, 0.2) is 9.84 Å². The van der Waals surface area contributed by atoms with Crippen molar-refractivity contribution in [2.45, 2.75) is 17.2 Å². The Morgan fingerprint density at radius 3 is 2.56 bits per heavy atom. The molecule has 0 amide bonds. The molecule has 3 heterocycles. The van der Waals surface area contributed by atoms with Gasteiger partial charge in [0.1, 0.15) is 10.8 Å². The predicted octanol–water partition coefficient (Wildman–Crippen LogP) is 3.37. The number of pyridine rings is 1. The number of nitrogens with one attached hydrogen (secondary N) is 1. The topological polar surface area (TPSA) is 86.4 Å². The number of rotatable bonds is 6. The number of aromatic amines is 1. The number of nitrogens with zero attached hydrogens (tertiary/aromatic N) is 3. The third kappa shape index (κ3) is 4.97. The molecule has 0 spiro atoms. The van der Waals surface area contributed by atoms with Crippen molar-refractivity contribution >= 4 is 32.1 Å². The van der Waals surface area contributed by atoms with Crippen molar-refractivity contribution in [3.63, 3.8) is 0 Å². The molecule has 1 fully saturated rings. The monoisotopic (exact) mass is 494 g/mol. The smallest absolute Gasteiger partial charge is 0.257 e. The Balaban J connectivity index is 1.37. The maximum absolute atomic E-state index is 12.9. The van der Waals surface area contributed by atoms with Crippen LogP contribution in [0.25, 0.3) is 22.2 Å². The molecule has 0 bridgehead atoms. The lowest BCUT2D eigenvalue weighted by Gasteiger charge is -2.32. The first-order chi connectivity index (χ1) is 16.4. The number of H-pyrrole nitrogens is 1. The lowest BCUT2D eigenvalue weighted by Crippen LogP contribution is -2.43. The quantitative estimate of drug-likeness (QED) is 0.442. The maximum Gasteiger partial charge on any atom is 0.257 e. The second-order valence-electron chi connectivity index (χ2n) is 8.71. The zero-order valence-corrected chi connectivity index (χ0v) is 20.5. The summed E-state index contributed by atoms with van der Waals surface area (Å²) in [5.74, 6) is -0.192. The summed E-state index contributed by atoms with van der Waals surface area (Å²) in [5, 5.41) is 3.12. The molecule has 5 rings (SSSR count). The Hall–Kier alpha value is -2.85. The molecule has 2 aromatic heterocycles. The largest absolute Gasteiger partial charge is 0.321 e. The highest BCUT2D eigenvalue weighted by molar-refractivity contribution is 7.90. The highest BCUT2D eigenvalue weighted by Crippen LogP contribution is 2.25. The van der Waals surface area contributed by atoms with E-state index in [4.69, 9.17) is 0 Å². The molecule has 0 saturated carbocycles. The molecule has 0 unspecified atom stereocenters. The molecule has 9 heteroatoms. The van der Waals surface area contributed by atoms with E-state index in [1.165, 1.54) is 16.9 Å². The van der Waals surface area contributed by atoms with E-state index in [1.807, 2.05) is 18.2 Å². The molecule has 7 nitrogen and oxygen atoms in total. The first-order valence-corrected chi connectivity index (χ1v) is 13.7. The lowest BCUT2D eigenvalue weighted by atomic mass is 10.1. The highest BCUT2D eigenvalue weighted by atomic mass is 32.2. The van der Waals surface area contributed by atoms with Gasteiger partial charge in [0, 0.05) is 43.6 Å². The van der Waals surface area contributed by atoms with Crippen molar-refractivity contribution in [1.29, 1.82) is 0 Å². The number of aromatic nitrogens is 2. The average Bonchev–Trinajstić information content (AvgIpc) is 3.28. The van der Waals surface area contributed by atoms with Crippen LogP contribution in [0.4, 0.5) is 0 Å². The Kier molecular flexibility index (Phi) is 6.35. The number of hydrogen-bond donors (Lipinski definition) is 1. The molecular weight excluding hydrogens is 468 g/mol. The zero-order valence-electron chi connectivity index (χ0n) is 18.9. The van der Waals surface area contributed by atoms with Gasteiger partial charge >= 0.3 is 0 Å². The predicted molar refractivity (Wildman–Crippen MR) is 136 cm³/mol. The van der Waals surface area contributed by atoms with E-state index in [1.54, 1.807) is 35.7 Å². The minimum atomic E-state index is -3.49. The van der Waals surface area contributed by atoms with Gasteiger partial charge in [0.2, 0.25) is 0 Å². The van der Waals surface area contributed by atoms with Crippen molar-refractivity contribution in [2.24, 2.45) is 0 Å². The summed E-state index contributed by atoms with van der Waals surface area (Å²) in [6.45, 7) is 5.07. The lowest BCUT2D eigenvalue weighted by molar-refractivity contribution is 0.148. The van der Waals surface area contributed by atoms with Crippen LogP contribution in [0, 0.1) is 0 Å². The Morgan fingerprint density at radius 2 is 1.79 bits per heavy atom. The molecule has 1 aliphatic rings. The molecular formula is C25H26N4O3S2. The fraction of sp³-hybridized carbons (Fsp3) is 0.280. The van der Waals surface area contributed by atoms with E-state index in [9.17, 15) is 13.2 Å². The first-order valence-electron chi connectivity index (χ1n) is 11.2. The van der Waals surface area contributed by atoms with Gasteiger partial charge in [-0.3, -0.25) is 9.69 Å². The second-order valence-corrected chi connectivity index (χ2v) is 11.6. The normalized spacial score (nSPS) is 15.7. The van der Waals surface area contributed by atoms with Crippen LogP contribution in [0.15, 0.2) is 69.7 Å². The van der Waals surface area contributed by atoms with E-state index < -0.39 is 9.84 Å². The maximum atomic E-state index is 12.9. The van der Waals surface area contributed by atoms with Crippen LogP contribution in [0.2, 0.25) is 0 Å². The van der Waals surface area contributed by atoms with E-state index in [0.717, 1.165) is 43.6 Å². The Bertz CT molecular complexity index is 1470. The third-order valence-electron chi connectivity index (χ3n) is 6.16. The molecule has 1 saturated heterocycles. The molecule has 1 aliphatic heterocycles. The number of sulfone groups is 1. The number of benzene rings is 2. The molecule has 176 valence electrons. The van der Waals surface area contributed by atoms with Gasteiger partial charge in [-0.1, -0.05) is 30.3 Å². The third-order valence-corrected chi connectivity index (χ3v) is 8.83. The van der Waals surface area contributed by atoms with Gasteiger partial charge in [-0.25, -0.2) is 13.4 Å². The number of fused-ring (bicyclic) bond motifs is 1. The van der Waals surface area contributed by atoms with Crippen molar-refractivity contribution in [3.05, 3.63) is 80.9 Å². The van der Waals surface area contributed by atoms with Crippen molar-refractivity contribution < 1.29 is 8.42 Å². The minimum Gasteiger partial charge on any atom is -0.321 e. The summed E-state index contributed by atoms with van der Waals surface area (Å²) in [5.41, 5.74) is 2.67. The summed E-state index contributed by atoms with van der Waals surface area (Å²) in [6.07, 6.45) is 0. The number of likely N-dealkylation sites (N-methyl/N-ethyl adjacent to an activating group) is 1. The molecule has 0 aliphatic carbocycles. The molecule has 0 atom stereocenters. The molecule has 0 radical (unpaired) electrons. The highest BCUT2D eigenvalue weighted by Gasteiger charge is 2.19. The van der Waals surface area contributed by atoms with Crippen molar-refractivity contribution in [1.82, 2.24) is 19.8 Å². The van der Waals surface area contributed by atoms with E-state index in [2.05, 4.69) is 32.9 Å². The van der Waals surface area contributed by atoms with Crippen LogP contribution < -0.4 is 5.56 Å². The summed E-state index contributed by atoms with van der Waals surface area (Å²) >= 11 is 1.25. The van der Waals surface area contributed by atoms with Crippen molar-refractivity contribution in [2.75, 3.05) is 33.2 Å². The van der Waals surface area contributed by atoms with E-state index in [-0.39, 0.29) is 16.2 Å². The van der Waals surface area contributed by atoms with Crippen LogP contribution in [0.3, 0.4) is 0 Å². The second kappa shape index (κ2) is 9.42. The van der Waals surface area contributed by atoms with Gasteiger partial charge in [-0.05, 0) is 42.3 Å². The van der Waals surface area contributed by atoms with E-state index >= 15 is 0 Å². The number of hydrogen-bond acceptors (Lipinski definition) is 7. The van der Waals surface area contributed by atoms with Crippen LogP contribution in [0.1, 0.15) is 10.6 Å². The molecule has 1 N–H and O–H groups in total. The summed E-state index contributed by atoms with van der Waals surface area (Å²) in [7, 11) is -1.35. The van der Waals surface area contributed by atoms with Crippen LogP contribution in [-0.2, 0) is 22.1 Å². The molecule has 34 heavy (non-hydrogen) atoms. The fourth-order valence-corrected chi connectivity index (χ4v) is 6.62. The summed E-state index contributed by atoms with van der Waals surface area (Å²) in [6, 6.07) is 16.3. The Morgan fingerprint density at radius 1 is 1.03 bits per heavy atom. The van der Waals surface area contributed by atoms with Gasteiger partial charge < -0.3 is 9.88 Å². The van der Waals surface area contributed by atoms with Crippen LogP contribution in [-0.4, -0.2) is 61.4 Å². The van der Waals surface area contributed by atoms with Crippen LogP contribution >= 0.6 is 11.3 Å². The number of thiazole rings is 1. The van der Waals surface area contributed by atoms with Crippen LogP contribution in [0.5, 0.6) is 0 Å². The zero-order chi connectivity index (χ0) is 23.7. The minimum absolute atomic E-state index is 0.192. The van der Waals surface area contributed by atoms with E-state index in [0.29, 0.717) is 16.3 Å². The molecule has 4 aromatic rings. The van der Waals surface area contributed by atoms with Gasteiger partial charge in [-0.2, -0.15) is 0 Å². The summed E-state index contributed by atoms with van der Waals surface area (Å²) in [4.78, 5) is 25.3. The standard InChI is InChI=1S/C25H26N4O3S2/c1-28-9-11-29(12-10-28)15-18-7-8-19-14-21(25(30)27-22(19)13-18)23-16-33-24(26-23)17-34(31,32)20-5-3-2-4-6-20/h2-8,13-14,16H,9-12,15,17H2,1H3,(H,27,30). The molecule has 2 aromatic carbocycles. The SMILES string of the molecule is CN1CCN(Cc2ccc3cc(-c4csc(CS(=O)(=O)c5ccccc5)n4)c(=O)[nH]c3c2)CC1. The average molecular weight is 495 g/mol. The van der Waals surface area contributed by atoms with Gasteiger partial charge in [0.05, 0.1) is 16.2 Å². The fourth-order valence-electron chi connectivity index (χ4n) is 4.18. The Labute approximate surface area is 202 Å². The first kappa shape index (κ1) is 22.9. The number of piperazine rings is 1. The summed E-state index contributed by atoms with van der Waals surface area (Å²) < 4.78 is 25.3. The van der Waals surface area contributed by atoms with Crippen molar-refractivity contribution in [3.8, 4) is 11.3 Å². The van der Waals surface area contributed by atoms with Gasteiger partial charge in [0.25, 0.3) is 5.56 Å².